The smallest absolute Gasteiger partial charge is 0.126 e. The van der Waals surface area contributed by atoms with Gasteiger partial charge in [0.1, 0.15) is 5.82 Å². The maximum atomic E-state index is 13.4. The van der Waals surface area contributed by atoms with Crippen molar-refractivity contribution >= 4 is 5.57 Å². The van der Waals surface area contributed by atoms with Crippen molar-refractivity contribution in [2.45, 2.75) is 6.92 Å². The first-order valence-corrected chi connectivity index (χ1v) is 5.02. The Balaban J connectivity index is 2.45. The zero-order valence-corrected chi connectivity index (χ0v) is 9.37. The van der Waals surface area contributed by atoms with Gasteiger partial charge in [-0.2, -0.15) is 0 Å². The fourth-order valence-electron chi connectivity index (χ4n) is 1.64. The van der Waals surface area contributed by atoms with Crippen LogP contribution >= 0.6 is 0 Å². The summed E-state index contributed by atoms with van der Waals surface area (Å²) in [6.45, 7) is 5.72. The zero-order chi connectivity index (χ0) is 11.7. The van der Waals surface area contributed by atoms with Crippen LogP contribution in [0.1, 0.15) is 16.8 Å². The minimum Gasteiger partial charge on any atom is -0.340 e. The van der Waals surface area contributed by atoms with Gasteiger partial charge >= 0.3 is 0 Å². The molecular weight excluding hydrogens is 203 g/mol. The first-order valence-electron chi connectivity index (χ1n) is 5.02. The molecule has 0 aliphatic carbocycles. The highest BCUT2D eigenvalue weighted by atomic mass is 19.1. The van der Waals surface area contributed by atoms with Crippen LogP contribution in [0.4, 0.5) is 4.39 Å². The van der Waals surface area contributed by atoms with Crippen LogP contribution in [-0.4, -0.2) is 9.55 Å². The molecule has 2 rings (SSSR count). The largest absolute Gasteiger partial charge is 0.340 e. The summed E-state index contributed by atoms with van der Waals surface area (Å²) in [5.74, 6) is -0.213. The van der Waals surface area contributed by atoms with E-state index in [0.717, 1.165) is 16.8 Å². The van der Waals surface area contributed by atoms with E-state index in [-0.39, 0.29) is 5.82 Å². The van der Waals surface area contributed by atoms with Crippen molar-refractivity contribution < 1.29 is 4.39 Å². The first-order chi connectivity index (χ1) is 7.59. The molecule has 0 fully saturated rings. The third-order valence-corrected chi connectivity index (χ3v) is 2.61. The summed E-state index contributed by atoms with van der Waals surface area (Å²) in [5, 5.41) is 0. The fourth-order valence-corrected chi connectivity index (χ4v) is 1.64. The molecule has 1 aromatic carbocycles. The van der Waals surface area contributed by atoms with Crippen LogP contribution in [0, 0.1) is 12.7 Å². The molecule has 2 nitrogen and oxygen atoms in total. The number of hydrogen-bond acceptors (Lipinski definition) is 1. The molecule has 0 saturated carbocycles. The summed E-state index contributed by atoms with van der Waals surface area (Å²) in [7, 11) is 1.89. The molecule has 0 spiro atoms. The highest BCUT2D eigenvalue weighted by Gasteiger charge is 2.10. The van der Waals surface area contributed by atoms with E-state index in [9.17, 15) is 4.39 Å². The maximum absolute atomic E-state index is 13.4. The molecule has 0 unspecified atom stereocenters. The molecule has 0 atom stereocenters. The van der Waals surface area contributed by atoms with E-state index >= 15 is 0 Å². The van der Waals surface area contributed by atoms with Crippen LogP contribution in [0.25, 0.3) is 5.57 Å². The lowest BCUT2D eigenvalue weighted by molar-refractivity contribution is 0.618. The van der Waals surface area contributed by atoms with Gasteiger partial charge in [-0.1, -0.05) is 18.7 Å². The van der Waals surface area contributed by atoms with Gasteiger partial charge in [0, 0.05) is 18.8 Å². The first kappa shape index (κ1) is 10.6. The molecule has 2 aromatic rings. The maximum Gasteiger partial charge on any atom is 0.126 e. The van der Waals surface area contributed by atoms with E-state index in [2.05, 4.69) is 11.6 Å². The number of nitrogens with zero attached hydrogens (tertiary/aromatic N) is 2. The Morgan fingerprint density at radius 3 is 2.81 bits per heavy atom. The molecule has 82 valence electrons. The highest BCUT2D eigenvalue weighted by molar-refractivity contribution is 5.77. The zero-order valence-electron chi connectivity index (χ0n) is 9.37. The van der Waals surface area contributed by atoms with Gasteiger partial charge in [0.2, 0.25) is 0 Å². The van der Waals surface area contributed by atoms with Gasteiger partial charge in [-0.15, -0.1) is 0 Å². The molecule has 0 N–H and O–H groups in total. The summed E-state index contributed by atoms with van der Waals surface area (Å²) in [5.41, 5.74) is 2.94. The molecule has 0 radical (unpaired) electrons. The fraction of sp³-hybridized carbons (Fsp3) is 0.154. The van der Waals surface area contributed by atoms with Gasteiger partial charge in [-0.3, -0.25) is 0 Å². The van der Waals surface area contributed by atoms with Gasteiger partial charge in [-0.05, 0) is 24.1 Å². The van der Waals surface area contributed by atoms with Crippen LogP contribution in [0.15, 0.2) is 37.3 Å². The quantitative estimate of drug-likeness (QED) is 0.754. The van der Waals surface area contributed by atoms with Gasteiger partial charge in [0.25, 0.3) is 0 Å². The van der Waals surface area contributed by atoms with Crippen molar-refractivity contribution in [1.29, 1.82) is 0 Å². The molecule has 0 bridgehead atoms. The van der Waals surface area contributed by atoms with Crippen molar-refractivity contribution in [3.05, 3.63) is 59.9 Å². The molecule has 1 aromatic heterocycles. The lowest BCUT2D eigenvalue weighted by atomic mass is 10.00. The topological polar surface area (TPSA) is 17.8 Å². The number of benzene rings is 1. The second-order valence-electron chi connectivity index (χ2n) is 3.82. The van der Waals surface area contributed by atoms with Gasteiger partial charge in [0.15, 0.2) is 0 Å². The number of hydrogen-bond donors (Lipinski definition) is 0. The second-order valence-corrected chi connectivity index (χ2v) is 3.82. The molecule has 0 aliphatic heterocycles. The number of aromatic nitrogens is 2. The molecule has 0 aliphatic rings. The number of aryl methyl sites for hydroxylation is 1. The molecule has 0 saturated heterocycles. The van der Waals surface area contributed by atoms with E-state index in [1.165, 1.54) is 6.07 Å². The van der Waals surface area contributed by atoms with Crippen LogP contribution in [0.5, 0.6) is 0 Å². The summed E-state index contributed by atoms with van der Waals surface area (Å²) < 4.78 is 15.2. The minimum atomic E-state index is -0.213. The van der Waals surface area contributed by atoms with Crippen LogP contribution in [0.3, 0.4) is 0 Å². The summed E-state index contributed by atoms with van der Waals surface area (Å²) in [4.78, 5) is 4.20. The third-order valence-electron chi connectivity index (χ3n) is 2.61. The summed E-state index contributed by atoms with van der Waals surface area (Å²) in [6, 6.07) is 4.99. The predicted octanol–water partition coefficient (Wildman–Crippen LogP) is 2.93. The number of rotatable bonds is 2. The van der Waals surface area contributed by atoms with E-state index in [1.54, 1.807) is 19.3 Å². The SMILES string of the molecule is C=C(c1cn(C)cn1)c1cccc(F)c1C. The average molecular weight is 216 g/mol. The Morgan fingerprint density at radius 1 is 1.44 bits per heavy atom. The van der Waals surface area contributed by atoms with Crippen LogP contribution in [0.2, 0.25) is 0 Å². The van der Waals surface area contributed by atoms with E-state index in [0.29, 0.717) is 5.56 Å². The molecular formula is C13H13FN2. The van der Waals surface area contributed by atoms with Gasteiger partial charge in [-0.25, -0.2) is 9.37 Å². The molecule has 1 heterocycles. The summed E-state index contributed by atoms with van der Waals surface area (Å²) >= 11 is 0. The number of imidazole rings is 1. The Morgan fingerprint density at radius 2 is 2.19 bits per heavy atom. The lowest BCUT2D eigenvalue weighted by Crippen LogP contribution is -1.93. The number of halogens is 1. The van der Waals surface area contributed by atoms with E-state index in [4.69, 9.17) is 0 Å². The van der Waals surface area contributed by atoms with Crippen molar-refractivity contribution in [2.75, 3.05) is 0 Å². The average Bonchev–Trinajstić information content (AvgIpc) is 2.68. The predicted molar refractivity (Wildman–Crippen MR) is 62.5 cm³/mol. The minimum absolute atomic E-state index is 0.213. The molecule has 3 heteroatoms. The van der Waals surface area contributed by atoms with Gasteiger partial charge < -0.3 is 4.57 Å². The lowest BCUT2D eigenvalue weighted by Gasteiger charge is -2.07. The Labute approximate surface area is 94.1 Å². The van der Waals surface area contributed by atoms with Crippen LogP contribution in [-0.2, 0) is 7.05 Å². The van der Waals surface area contributed by atoms with Crippen molar-refractivity contribution in [2.24, 2.45) is 7.05 Å². The van der Waals surface area contributed by atoms with Crippen molar-refractivity contribution in [3.63, 3.8) is 0 Å². The standard InChI is InChI=1S/C13H13FN2/c1-9-11(5-4-6-12(9)14)10(2)13-7-16(3)8-15-13/h4-8H,2H2,1,3H3. The Bertz CT molecular complexity index is 541. The highest BCUT2D eigenvalue weighted by Crippen LogP contribution is 2.24. The van der Waals surface area contributed by atoms with Crippen LogP contribution < -0.4 is 0 Å². The molecule has 16 heavy (non-hydrogen) atoms. The monoisotopic (exact) mass is 216 g/mol. The van der Waals surface area contributed by atoms with E-state index < -0.39 is 0 Å². The Hall–Kier alpha value is -1.90. The Kier molecular flexibility index (Phi) is 2.60. The summed E-state index contributed by atoms with van der Waals surface area (Å²) in [6.07, 6.45) is 3.57. The molecule has 0 amide bonds. The third kappa shape index (κ3) is 1.76. The second kappa shape index (κ2) is 3.93. The normalized spacial score (nSPS) is 10.4. The van der Waals surface area contributed by atoms with Crippen molar-refractivity contribution in [3.8, 4) is 0 Å². The van der Waals surface area contributed by atoms with Gasteiger partial charge in [0.05, 0.1) is 12.0 Å². The van der Waals surface area contributed by atoms with Crippen molar-refractivity contribution in [1.82, 2.24) is 9.55 Å². The van der Waals surface area contributed by atoms with E-state index in [1.807, 2.05) is 23.9 Å².